The highest BCUT2D eigenvalue weighted by atomic mass is 35.5. The van der Waals surface area contributed by atoms with Gasteiger partial charge in [0.15, 0.2) is 0 Å². The molecule has 1 fully saturated rings. The van der Waals surface area contributed by atoms with Crippen LogP contribution in [0.3, 0.4) is 0 Å². The van der Waals surface area contributed by atoms with Gasteiger partial charge in [0, 0.05) is 6.20 Å². The van der Waals surface area contributed by atoms with Gasteiger partial charge in [0.25, 0.3) is 0 Å². The highest BCUT2D eigenvalue weighted by Gasteiger charge is 2.10. The maximum Gasteiger partial charge on any atom is 0.0661 e. The summed E-state index contributed by atoms with van der Waals surface area (Å²) in [7, 11) is 0. The Kier molecular flexibility index (Phi) is 5.98. The zero-order chi connectivity index (χ0) is 16.1. The molecule has 0 amide bonds. The fourth-order valence-corrected chi connectivity index (χ4v) is 3.38. The molecule has 23 heavy (non-hydrogen) atoms. The number of benzene rings is 1. The molecule has 0 N–H and O–H groups in total. The minimum atomic E-state index is 0.558. The van der Waals surface area contributed by atoms with Gasteiger partial charge < -0.3 is 4.90 Å². The van der Waals surface area contributed by atoms with Gasteiger partial charge in [-0.15, -0.1) is 0 Å². The molecule has 124 valence electrons. The quantitative estimate of drug-likeness (QED) is 0.655. The Morgan fingerprint density at radius 3 is 2.57 bits per heavy atom. The number of hydrogen-bond donors (Lipinski definition) is 0. The van der Waals surface area contributed by atoms with Gasteiger partial charge in [-0.1, -0.05) is 29.6 Å². The van der Waals surface area contributed by atoms with E-state index < -0.39 is 0 Å². The van der Waals surface area contributed by atoms with E-state index in [1.54, 1.807) is 6.07 Å². The lowest BCUT2D eigenvalue weighted by molar-refractivity contribution is 0.328. The van der Waals surface area contributed by atoms with E-state index in [4.69, 9.17) is 23.2 Å². The van der Waals surface area contributed by atoms with Crippen LogP contribution in [-0.2, 0) is 6.42 Å². The molecule has 1 saturated heterocycles. The molecule has 0 spiro atoms. The second-order valence-corrected chi connectivity index (χ2v) is 7.02. The van der Waals surface area contributed by atoms with Gasteiger partial charge in [-0.25, -0.2) is 4.68 Å². The van der Waals surface area contributed by atoms with Crippen molar-refractivity contribution in [1.29, 1.82) is 0 Å². The molecule has 0 radical (unpaired) electrons. The molecule has 0 unspecified atom stereocenters. The van der Waals surface area contributed by atoms with E-state index in [0.717, 1.165) is 17.8 Å². The largest absolute Gasteiger partial charge is 0.303 e. The highest BCUT2D eigenvalue weighted by molar-refractivity contribution is 6.42. The van der Waals surface area contributed by atoms with Crippen molar-refractivity contribution >= 4 is 23.2 Å². The van der Waals surface area contributed by atoms with Gasteiger partial charge in [-0.05, 0) is 76.0 Å². The first-order chi connectivity index (χ1) is 11.2. The van der Waals surface area contributed by atoms with E-state index in [1.807, 2.05) is 23.0 Å². The molecule has 2 aromatic rings. The van der Waals surface area contributed by atoms with Crippen LogP contribution in [0.25, 0.3) is 5.69 Å². The summed E-state index contributed by atoms with van der Waals surface area (Å²) in [5.74, 6) is 0. The molecular weight excluding hydrogens is 329 g/mol. The van der Waals surface area contributed by atoms with Crippen LogP contribution in [-0.4, -0.2) is 34.3 Å². The molecule has 5 heteroatoms. The number of aryl methyl sites for hydroxylation is 1. The minimum absolute atomic E-state index is 0.558. The molecule has 0 saturated carbocycles. The van der Waals surface area contributed by atoms with Crippen LogP contribution in [0.5, 0.6) is 0 Å². The van der Waals surface area contributed by atoms with Crippen molar-refractivity contribution in [3.05, 3.63) is 46.2 Å². The molecule has 3 rings (SSSR count). The predicted molar refractivity (Wildman–Crippen MR) is 96.8 cm³/mol. The number of halogens is 2. The second kappa shape index (κ2) is 8.18. The zero-order valence-corrected chi connectivity index (χ0v) is 14.9. The van der Waals surface area contributed by atoms with Crippen LogP contribution in [0.4, 0.5) is 0 Å². The summed E-state index contributed by atoms with van der Waals surface area (Å²) >= 11 is 12.0. The molecule has 0 bridgehead atoms. The lowest BCUT2D eigenvalue weighted by Gasteiger charge is -2.13. The summed E-state index contributed by atoms with van der Waals surface area (Å²) in [5.41, 5.74) is 2.08. The van der Waals surface area contributed by atoms with Gasteiger partial charge in [0.2, 0.25) is 0 Å². The van der Waals surface area contributed by atoms with E-state index >= 15 is 0 Å². The Labute approximate surface area is 148 Å². The lowest BCUT2D eigenvalue weighted by Crippen LogP contribution is -2.20. The Balaban J connectivity index is 1.44. The van der Waals surface area contributed by atoms with E-state index in [9.17, 15) is 0 Å². The molecule has 1 aromatic heterocycles. The van der Waals surface area contributed by atoms with E-state index in [2.05, 4.69) is 16.1 Å². The van der Waals surface area contributed by atoms with E-state index in [0.29, 0.717) is 10.0 Å². The minimum Gasteiger partial charge on any atom is -0.303 e. The zero-order valence-electron chi connectivity index (χ0n) is 13.3. The Morgan fingerprint density at radius 2 is 1.78 bits per heavy atom. The van der Waals surface area contributed by atoms with Crippen molar-refractivity contribution in [2.75, 3.05) is 19.6 Å². The van der Waals surface area contributed by atoms with Gasteiger partial charge in [-0.2, -0.15) is 5.10 Å². The van der Waals surface area contributed by atoms with Gasteiger partial charge in [0.1, 0.15) is 0 Å². The summed E-state index contributed by atoms with van der Waals surface area (Å²) in [6.07, 6.45) is 9.56. The summed E-state index contributed by atoms with van der Waals surface area (Å²) in [4.78, 5) is 2.58. The molecule has 0 atom stereocenters. The van der Waals surface area contributed by atoms with Gasteiger partial charge in [-0.3, -0.25) is 0 Å². The second-order valence-electron chi connectivity index (χ2n) is 6.21. The Bertz CT molecular complexity index is 633. The Morgan fingerprint density at radius 1 is 0.957 bits per heavy atom. The van der Waals surface area contributed by atoms with Crippen LogP contribution in [0.1, 0.15) is 37.8 Å². The van der Waals surface area contributed by atoms with Crippen LogP contribution in [0, 0.1) is 0 Å². The van der Waals surface area contributed by atoms with Crippen molar-refractivity contribution < 1.29 is 0 Å². The van der Waals surface area contributed by atoms with E-state index in [1.165, 1.54) is 51.7 Å². The van der Waals surface area contributed by atoms with Crippen molar-refractivity contribution in [3.63, 3.8) is 0 Å². The van der Waals surface area contributed by atoms with Crippen molar-refractivity contribution in [2.45, 2.75) is 38.5 Å². The van der Waals surface area contributed by atoms with Crippen LogP contribution in [0.15, 0.2) is 30.5 Å². The Hall–Kier alpha value is -1.03. The van der Waals surface area contributed by atoms with Crippen molar-refractivity contribution in [1.82, 2.24) is 14.7 Å². The number of nitrogens with zero attached hydrogens (tertiary/aromatic N) is 3. The van der Waals surface area contributed by atoms with Crippen molar-refractivity contribution in [3.8, 4) is 5.69 Å². The van der Waals surface area contributed by atoms with Gasteiger partial charge >= 0.3 is 0 Å². The third-order valence-corrected chi connectivity index (χ3v) is 5.16. The van der Waals surface area contributed by atoms with Crippen molar-refractivity contribution in [2.24, 2.45) is 0 Å². The number of rotatable bonds is 7. The predicted octanol–water partition coefficient (Wildman–Crippen LogP) is 4.99. The van der Waals surface area contributed by atoms with E-state index in [-0.39, 0.29) is 0 Å². The molecule has 1 aromatic carbocycles. The summed E-state index contributed by atoms with van der Waals surface area (Å²) < 4.78 is 1.86. The highest BCUT2D eigenvalue weighted by Crippen LogP contribution is 2.24. The standard InChI is InChI=1S/C18H23Cl2N3/c19-17-8-7-16(14-18(17)20)23-13-9-15(21-23)6-2-1-3-10-22-11-4-5-12-22/h7-9,13-14H,1-6,10-12H2. The molecule has 2 heterocycles. The number of hydrogen-bond acceptors (Lipinski definition) is 2. The molecule has 1 aliphatic heterocycles. The number of likely N-dealkylation sites (tertiary alicyclic amines) is 1. The summed E-state index contributed by atoms with van der Waals surface area (Å²) in [6.45, 7) is 3.86. The maximum atomic E-state index is 6.07. The topological polar surface area (TPSA) is 21.1 Å². The smallest absolute Gasteiger partial charge is 0.0661 e. The summed E-state index contributed by atoms with van der Waals surface area (Å²) in [5, 5.41) is 5.76. The number of unbranched alkanes of at least 4 members (excludes halogenated alkanes) is 2. The molecule has 1 aliphatic rings. The third-order valence-electron chi connectivity index (χ3n) is 4.42. The van der Waals surface area contributed by atoms with Crippen LogP contribution in [0.2, 0.25) is 10.0 Å². The summed E-state index contributed by atoms with van der Waals surface area (Å²) in [6, 6.07) is 7.67. The third kappa shape index (κ3) is 4.72. The maximum absolute atomic E-state index is 6.07. The monoisotopic (exact) mass is 351 g/mol. The average molecular weight is 352 g/mol. The molecule has 3 nitrogen and oxygen atoms in total. The first-order valence-electron chi connectivity index (χ1n) is 8.45. The first kappa shape index (κ1) is 16.8. The fraction of sp³-hybridized carbons (Fsp3) is 0.500. The van der Waals surface area contributed by atoms with Crippen LogP contribution >= 0.6 is 23.2 Å². The normalized spacial score (nSPS) is 15.4. The molecule has 0 aliphatic carbocycles. The molecular formula is C18H23Cl2N3. The average Bonchev–Trinajstić information content (AvgIpc) is 3.21. The SMILES string of the molecule is Clc1ccc(-n2ccc(CCCCCN3CCCC3)n2)cc1Cl. The fourth-order valence-electron chi connectivity index (χ4n) is 3.09. The first-order valence-corrected chi connectivity index (χ1v) is 9.20. The number of aromatic nitrogens is 2. The lowest BCUT2D eigenvalue weighted by atomic mass is 10.1. The van der Waals surface area contributed by atoms with Gasteiger partial charge in [0.05, 0.1) is 21.4 Å². The van der Waals surface area contributed by atoms with Crippen LogP contribution < -0.4 is 0 Å².